The van der Waals surface area contributed by atoms with E-state index >= 15 is 0 Å². The van der Waals surface area contributed by atoms with Crippen molar-refractivity contribution in [3.05, 3.63) is 84.4 Å². The van der Waals surface area contributed by atoms with E-state index in [1.165, 1.54) is 21.9 Å². The van der Waals surface area contributed by atoms with Gasteiger partial charge < -0.3 is 14.2 Å². The van der Waals surface area contributed by atoms with Crippen LogP contribution in [0.1, 0.15) is 63.9 Å². The summed E-state index contributed by atoms with van der Waals surface area (Å²) in [6.07, 6.45) is 4.30. The fourth-order valence-electron chi connectivity index (χ4n) is 6.77. The summed E-state index contributed by atoms with van der Waals surface area (Å²) in [5, 5.41) is 0. The highest BCUT2D eigenvalue weighted by Gasteiger charge is 2.45. The molecule has 3 fully saturated rings. The minimum atomic E-state index is -0.531. The van der Waals surface area contributed by atoms with Gasteiger partial charge in [-0.05, 0) is 98.7 Å². The summed E-state index contributed by atoms with van der Waals surface area (Å²) in [5.74, 6) is 1.53. The molecule has 0 unspecified atom stereocenters. The molecule has 238 valence electrons. The first-order valence-electron chi connectivity index (χ1n) is 16.2. The summed E-state index contributed by atoms with van der Waals surface area (Å²) < 4.78 is 21.4. The third-order valence-corrected chi connectivity index (χ3v) is 9.32. The Labute approximate surface area is 267 Å². The van der Waals surface area contributed by atoms with Gasteiger partial charge in [0.2, 0.25) is 5.91 Å². The number of benzene rings is 3. The number of imide groups is 1. The fraction of sp³-hybridized carbons (Fsp3) is 0.389. The molecular formula is C36H38FN5O4. The van der Waals surface area contributed by atoms with Gasteiger partial charge in [-0.25, -0.2) is 14.2 Å². The van der Waals surface area contributed by atoms with Crippen LogP contribution >= 0.6 is 0 Å². The van der Waals surface area contributed by atoms with Crippen molar-refractivity contribution >= 4 is 34.6 Å². The summed E-state index contributed by atoms with van der Waals surface area (Å²) in [5.41, 5.74) is 2.47. The number of amides is 4. The average Bonchev–Trinajstić information content (AvgIpc) is 3.76. The van der Waals surface area contributed by atoms with Gasteiger partial charge in [0.05, 0.1) is 17.1 Å². The molecule has 2 aliphatic heterocycles. The Hall–Kier alpha value is -4.73. The standard InChI is InChI=1S/C36H38FN5O4/c1-23(2)35(44)39-19-17-24(18-20-39)21-32(34-38-30-5-3-4-6-31(30)41(34)27-9-10-27)42-33(43)22-40(36(42)45)26-11-15-29(16-12-26)46-28-13-7-25(37)8-14-28/h3-8,11-16,23-24,27,32H,9-10,17-22H2,1-2H3/t32-/m0/s1. The summed E-state index contributed by atoms with van der Waals surface area (Å²) in [4.78, 5) is 50.6. The number of imidazole rings is 1. The lowest BCUT2D eigenvalue weighted by Crippen LogP contribution is -2.42. The second-order valence-corrected chi connectivity index (χ2v) is 12.9. The molecule has 1 aliphatic carbocycles. The topological polar surface area (TPSA) is 88.0 Å². The Morgan fingerprint density at radius 2 is 1.57 bits per heavy atom. The van der Waals surface area contributed by atoms with Crippen LogP contribution in [0.25, 0.3) is 11.0 Å². The monoisotopic (exact) mass is 623 g/mol. The lowest BCUT2D eigenvalue weighted by atomic mass is 9.89. The fourth-order valence-corrected chi connectivity index (χ4v) is 6.77. The van der Waals surface area contributed by atoms with Crippen molar-refractivity contribution in [3.63, 3.8) is 0 Å². The van der Waals surface area contributed by atoms with Crippen molar-refractivity contribution in [1.82, 2.24) is 19.4 Å². The van der Waals surface area contributed by atoms with Gasteiger partial charge in [-0.3, -0.25) is 19.4 Å². The zero-order valence-electron chi connectivity index (χ0n) is 26.1. The second kappa shape index (κ2) is 12.2. The first-order valence-corrected chi connectivity index (χ1v) is 16.2. The van der Waals surface area contributed by atoms with Gasteiger partial charge in [0.25, 0.3) is 5.91 Å². The molecule has 4 aromatic rings. The maximum atomic E-state index is 14.2. The molecule has 10 heteroatoms. The van der Waals surface area contributed by atoms with E-state index in [0.29, 0.717) is 42.7 Å². The van der Waals surface area contributed by atoms with Gasteiger partial charge in [-0.1, -0.05) is 26.0 Å². The molecule has 0 radical (unpaired) electrons. The van der Waals surface area contributed by atoms with Crippen molar-refractivity contribution < 1.29 is 23.5 Å². The molecule has 3 heterocycles. The number of nitrogens with zero attached hydrogens (tertiary/aromatic N) is 5. The molecule has 1 atom stereocenters. The maximum absolute atomic E-state index is 14.2. The van der Waals surface area contributed by atoms with Crippen LogP contribution in [0, 0.1) is 17.7 Å². The summed E-state index contributed by atoms with van der Waals surface area (Å²) >= 11 is 0. The van der Waals surface area contributed by atoms with Gasteiger partial charge in [0.1, 0.15) is 29.7 Å². The highest BCUT2D eigenvalue weighted by molar-refractivity contribution is 6.12. The van der Waals surface area contributed by atoms with E-state index in [1.54, 1.807) is 36.4 Å². The molecule has 1 saturated carbocycles. The van der Waals surface area contributed by atoms with E-state index in [2.05, 4.69) is 10.6 Å². The largest absolute Gasteiger partial charge is 0.457 e. The van der Waals surface area contributed by atoms with Gasteiger partial charge in [0.15, 0.2) is 0 Å². The minimum absolute atomic E-state index is 0.0443. The van der Waals surface area contributed by atoms with E-state index in [0.717, 1.165) is 42.5 Å². The molecule has 3 aliphatic rings. The Bertz CT molecular complexity index is 1760. The van der Waals surface area contributed by atoms with Crippen LogP contribution in [0.4, 0.5) is 14.9 Å². The highest BCUT2D eigenvalue weighted by atomic mass is 19.1. The summed E-state index contributed by atoms with van der Waals surface area (Å²) in [6, 6.07) is 20.1. The number of ether oxygens (including phenoxy) is 1. The second-order valence-electron chi connectivity index (χ2n) is 12.9. The predicted molar refractivity (Wildman–Crippen MR) is 172 cm³/mol. The molecule has 46 heavy (non-hydrogen) atoms. The van der Waals surface area contributed by atoms with Gasteiger partial charge >= 0.3 is 6.03 Å². The number of piperidine rings is 1. The van der Waals surface area contributed by atoms with E-state index in [9.17, 15) is 18.8 Å². The molecular weight excluding hydrogens is 585 g/mol. The first kappa shape index (κ1) is 30.0. The number of likely N-dealkylation sites (tertiary alicyclic amines) is 1. The van der Waals surface area contributed by atoms with E-state index in [-0.39, 0.29) is 42.0 Å². The number of urea groups is 1. The highest BCUT2D eigenvalue weighted by Crippen LogP contribution is 2.44. The van der Waals surface area contributed by atoms with Crippen molar-refractivity contribution in [3.8, 4) is 11.5 Å². The number of halogens is 1. The van der Waals surface area contributed by atoms with Crippen LogP contribution in [0.2, 0.25) is 0 Å². The summed E-state index contributed by atoms with van der Waals surface area (Å²) in [7, 11) is 0. The molecule has 4 amide bonds. The van der Waals surface area contributed by atoms with Gasteiger partial charge in [0, 0.05) is 30.7 Å². The van der Waals surface area contributed by atoms with Gasteiger partial charge in [-0.2, -0.15) is 0 Å². The number of hydrogen-bond donors (Lipinski definition) is 0. The van der Waals surface area contributed by atoms with Crippen LogP contribution < -0.4 is 9.64 Å². The van der Waals surface area contributed by atoms with Crippen LogP contribution in [-0.4, -0.2) is 56.8 Å². The Balaban J connectivity index is 1.16. The first-order chi connectivity index (χ1) is 22.3. The molecule has 0 N–H and O–H groups in total. The number of aromatic nitrogens is 2. The molecule has 0 bridgehead atoms. The van der Waals surface area contributed by atoms with Crippen LogP contribution in [0.5, 0.6) is 11.5 Å². The van der Waals surface area contributed by atoms with Crippen LogP contribution in [0.15, 0.2) is 72.8 Å². The zero-order chi connectivity index (χ0) is 31.9. The minimum Gasteiger partial charge on any atom is -0.457 e. The van der Waals surface area contributed by atoms with E-state index < -0.39 is 6.04 Å². The molecule has 9 nitrogen and oxygen atoms in total. The van der Waals surface area contributed by atoms with Crippen molar-refractivity contribution in [1.29, 1.82) is 0 Å². The van der Waals surface area contributed by atoms with Crippen molar-refractivity contribution in [2.24, 2.45) is 11.8 Å². The maximum Gasteiger partial charge on any atom is 0.332 e. The normalized spacial score (nSPS) is 18.2. The molecule has 7 rings (SSSR count). The van der Waals surface area contributed by atoms with Crippen molar-refractivity contribution in [2.75, 3.05) is 24.5 Å². The Kier molecular flexibility index (Phi) is 7.96. The lowest BCUT2D eigenvalue weighted by Gasteiger charge is -2.36. The predicted octanol–water partition coefficient (Wildman–Crippen LogP) is 7.10. The van der Waals surface area contributed by atoms with E-state index in [4.69, 9.17) is 9.72 Å². The number of carbonyl (C=O) groups is 3. The van der Waals surface area contributed by atoms with Crippen LogP contribution in [-0.2, 0) is 9.59 Å². The lowest BCUT2D eigenvalue weighted by molar-refractivity contribution is -0.135. The number of fused-ring (bicyclic) bond motifs is 1. The van der Waals surface area contributed by atoms with E-state index in [1.807, 2.05) is 36.9 Å². The third kappa shape index (κ3) is 5.84. The summed E-state index contributed by atoms with van der Waals surface area (Å²) in [6.45, 7) is 5.13. The van der Waals surface area contributed by atoms with Gasteiger partial charge in [-0.15, -0.1) is 0 Å². The Morgan fingerprint density at radius 1 is 0.913 bits per heavy atom. The number of rotatable bonds is 9. The average molecular weight is 624 g/mol. The molecule has 1 aromatic heterocycles. The SMILES string of the molecule is CC(C)C(=O)N1CCC(C[C@@H](c2nc3ccccc3n2C2CC2)N2C(=O)CN(c3ccc(Oc4ccc(F)cc4)cc3)C2=O)CC1. The molecule has 3 aromatic carbocycles. The Morgan fingerprint density at radius 3 is 2.22 bits per heavy atom. The number of anilines is 1. The number of carbonyl (C=O) groups excluding carboxylic acids is 3. The zero-order valence-corrected chi connectivity index (χ0v) is 26.1. The van der Waals surface area contributed by atoms with Crippen LogP contribution in [0.3, 0.4) is 0 Å². The smallest absolute Gasteiger partial charge is 0.332 e. The number of para-hydroxylation sites is 2. The van der Waals surface area contributed by atoms with Crippen molar-refractivity contribution in [2.45, 2.75) is 58.0 Å². The third-order valence-electron chi connectivity index (χ3n) is 9.32. The number of hydrogen-bond acceptors (Lipinski definition) is 5. The molecule has 2 saturated heterocycles. The quantitative estimate of drug-likeness (QED) is 0.186. The molecule has 0 spiro atoms.